The molecule has 4 N–H and O–H groups in total. The molecule has 1 unspecified atom stereocenters. The predicted molar refractivity (Wildman–Crippen MR) is 86.7 cm³/mol. The summed E-state index contributed by atoms with van der Waals surface area (Å²) in [6.45, 7) is 0. The van der Waals surface area contributed by atoms with Crippen LogP contribution in [0, 0.1) is 0 Å². The molecule has 8 nitrogen and oxygen atoms in total. The van der Waals surface area contributed by atoms with E-state index in [1.165, 1.54) is 14.2 Å². The van der Waals surface area contributed by atoms with Crippen molar-refractivity contribution in [2.45, 2.75) is 12.3 Å². The third-order valence-electron chi connectivity index (χ3n) is 3.93. The summed E-state index contributed by atoms with van der Waals surface area (Å²) in [7, 11) is 2.91. The molecule has 1 aliphatic rings. The Kier molecular flexibility index (Phi) is 4.06. The van der Waals surface area contributed by atoms with E-state index in [2.05, 4.69) is 20.8 Å². The fourth-order valence-corrected chi connectivity index (χ4v) is 3.01. The van der Waals surface area contributed by atoms with Crippen LogP contribution in [-0.4, -0.2) is 41.3 Å². The molecule has 1 aliphatic heterocycles. The van der Waals surface area contributed by atoms with Crippen LogP contribution in [0.15, 0.2) is 12.1 Å². The van der Waals surface area contributed by atoms with Crippen LogP contribution in [0.1, 0.15) is 34.0 Å². The second-order valence-corrected chi connectivity index (χ2v) is 5.71. The van der Waals surface area contributed by atoms with Gasteiger partial charge in [-0.25, -0.2) is 0 Å². The zero-order valence-electron chi connectivity index (χ0n) is 12.9. The number of hydrogen-bond donors (Lipinski definition) is 4. The summed E-state index contributed by atoms with van der Waals surface area (Å²) in [5, 5.41) is 21.8. The zero-order valence-corrected chi connectivity index (χ0v) is 13.7. The van der Waals surface area contributed by atoms with Gasteiger partial charge in [0, 0.05) is 24.9 Å². The highest BCUT2D eigenvalue weighted by atomic mass is 35.5. The molecule has 0 saturated heterocycles. The standard InChI is InChI=1S/C15H15ClN4O4/c1-17-15(23)12-11-7(5-10(21)18-14(11)20-19-12)6-3-8(16)13(22)9(4-6)24-2/h3-4,7,22H,5H2,1-2H3,(H,17,23)(H2,18,19,20,21). The summed E-state index contributed by atoms with van der Waals surface area (Å²) in [6, 6.07) is 3.14. The Hall–Kier alpha value is -2.74. The molecular formula is C15H15ClN4O4. The van der Waals surface area contributed by atoms with Crippen molar-refractivity contribution in [1.29, 1.82) is 0 Å². The molecule has 126 valence electrons. The number of aromatic nitrogens is 2. The van der Waals surface area contributed by atoms with Gasteiger partial charge >= 0.3 is 0 Å². The number of anilines is 1. The molecular weight excluding hydrogens is 336 g/mol. The van der Waals surface area contributed by atoms with Gasteiger partial charge < -0.3 is 20.5 Å². The second kappa shape index (κ2) is 6.04. The number of carbonyl (C=O) groups is 2. The quantitative estimate of drug-likeness (QED) is 0.671. The summed E-state index contributed by atoms with van der Waals surface area (Å²) in [5.74, 6) is -0.714. The van der Waals surface area contributed by atoms with Crippen LogP contribution in [0.3, 0.4) is 0 Å². The zero-order chi connectivity index (χ0) is 17.4. The van der Waals surface area contributed by atoms with Crippen LogP contribution in [0.4, 0.5) is 5.82 Å². The number of ether oxygens (including phenoxy) is 1. The summed E-state index contributed by atoms with van der Waals surface area (Å²) in [6.07, 6.45) is 0.112. The molecule has 0 saturated carbocycles. The number of nitrogens with zero attached hydrogens (tertiary/aromatic N) is 1. The summed E-state index contributed by atoms with van der Waals surface area (Å²) >= 11 is 6.05. The molecule has 0 aliphatic carbocycles. The van der Waals surface area contributed by atoms with Gasteiger partial charge in [-0.15, -0.1) is 0 Å². The van der Waals surface area contributed by atoms with Gasteiger partial charge in [-0.3, -0.25) is 14.7 Å². The number of halogens is 1. The number of fused-ring (bicyclic) bond motifs is 1. The third kappa shape index (κ3) is 2.54. The molecule has 3 rings (SSSR count). The van der Waals surface area contributed by atoms with Crippen molar-refractivity contribution < 1.29 is 19.4 Å². The van der Waals surface area contributed by atoms with Crippen LogP contribution in [0.2, 0.25) is 5.02 Å². The fraction of sp³-hybridized carbons (Fsp3) is 0.267. The van der Waals surface area contributed by atoms with Crippen LogP contribution >= 0.6 is 11.6 Å². The maximum Gasteiger partial charge on any atom is 0.269 e. The number of methoxy groups -OCH3 is 1. The van der Waals surface area contributed by atoms with Crippen LogP contribution in [-0.2, 0) is 4.79 Å². The van der Waals surface area contributed by atoms with Crippen molar-refractivity contribution in [2.75, 3.05) is 19.5 Å². The molecule has 0 bridgehead atoms. The van der Waals surface area contributed by atoms with E-state index in [9.17, 15) is 14.7 Å². The number of H-pyrrole nitrogens is 1. The van der Waals surface area contributed by atoms with Gasteiger partial charge in [0.15, 0.2) is 17.3 Å². The topological polar surface area (TPSA) is 116 Å². The Morgan fingerprint density at radius 3 is 2.92 bits per heavy atom. The van der Waals surface area contributed by atoms with Gasteiger partial charge in [0.2, 0.25) is 5.91 Å². The van der Waals surface area contributed by atoms with E-state index in [0.717, 1.165) is 0 Å². The highest BCUT2D eigenvalue weighted by molar-refractivity contribution is 6.32. The highest BCUT2D eigenvalue weighted by Gasteiger charge is 2.34. The second-order valence-electron chi connectivity index (χ2n) is 5.30. The van der Waals surface area contributed by atoms with Crippen LogP contribution < -0.4 is 15.4 Å². The molecule has 1 aromatic carbocycles. The van der Waals surface area contributed by atoms with Gasteiger partial charge in [0.25, 0.3) is 5.91 Å². The lowest BCUT2D eigenvalue weighted by Crippen LogP contribution is -2.26. The molecule has 2 heterocycles. The van der Waals surface area contributed by atoms with E-state index >= 15 is 0 Å². The normalized spacial score (nSPS) is 16.3. The molecule has 0 radical (unpaired) electrons. The summed E-state index contributed by atoms with van der Waals surface area (Å²) in [5.41, 5.74) is 1.47. The molecule has 0 spiro atoms. The Morgan fingerprint density at radius 1 is 1.50 bits per heavy atom. The number of phenolic OH excluding ortho intramolecular Hbond substituents is 1. The van der Waals surface area contributed by atoms with E-state index in [0.29, 0.717) is 16.9 Å². The Bertz CT molecular complexity index is 833. The average molecular weight is 351 g/mol. The van der Waals surface area contributed by atoms with Crippen molar-refractivity contribution >= 4 is 29.2 Å². The number of phenols is 1. The monoisotopic (exact) mass is 350 g/mol. The number of rotatable bonds is 3. The molecule has 1 aromatic heterocycles. The molecule has 1 atom stereocenters. The van der Waals surface area contributed by atoms with E-state index in [1.807, 2.05) is 0 Å². The largest absolute Gasteiger partial charge is 0.503 e. The Morgan fingerprint density at radius 2 is 2.25 bits per heavy atom. The lowest BCUT2D eigenvalue weighted by atomic mass is 9.85. The summed E-state index contributed by atoms with van der Waals surface area (Å²) in [4.78, 5) is 24.0. The summed E-state index contributed by atoms with van der Waals surface area (Å²) < 4.78 is 5.11. The van der Waals surface area contributed by atoms with Crippen LogP contribution in [0.25, 0.3) is 0 Å². The van der Waals surface area contributed by atoms with Crippen molar-refractivity contribution in [3.63, 3.8) is 0 Å². The molecule has 2 aromatic rings. The number of carbonyl (C=O) groups excluding carboxylic acids is 2. The number of benzene rings is 1. The third-order valence-corrected chi connectivity index (χ3v) is 4.22. The predicted octanol–water partition coefficient (Wildman–Crippen LogP) is 1.61. The van der Waals surface area contributed by atoms with Crippen LogP contribution in [0.5, 0.6) is 11.5 Å². The van der Waals surface area contributed by atoms with Crippen molar-refractivity contribution in [3.8, 4) is 11.5 Å². The van der Waals surface area contributed by atoms with Crippen molar-refractivity contribution in [3.05, 3.63) is 34.0 Å². The first kappa shape index (κ1) is 16.1. The lowest BCUT2D eigenvalue weighted by Gasteiger charge is -2.24. The number of aromatic hydroxyl groups is 1. The minimum atomic E-state index is -0.452. The van der Waals surface area contributed by atoms with E-state index in [-0.39, 0.29) is 40.5 Å². The number of aromatic amines is 1. The maximum absolute atomic E-state index is 12.1. The first-order chi connectivity index (χ1) is 11.5. The van der Waals surface area contributed by atoms with Gasteiger partial charge in [-0.1, -0.05) is 11.6 Å². The minimum absolute atomic E-state index is 0.0990. The van der Waals surface area contributed by atoms with Gasteiger partial charge in [0.05, 0.1) is 12.1 Å². The fourth-order valence-electron chi connectivity index (χ4n) is 2.79. The first-order valence-corrected chi connectivity index (χ1v) is 7.50. The Balaban J connectivity index is 2.17. The van der Waals surface area contributed by atoms with Crippen molar-refractivity contribution in [2.24, 2.45) is 0 Å². The Labute approximate surface area is 142 Å². The van der Waals surface area contributed by atoms with Gasteiger partial charge in [-0.05, 0) is 17.7 Å². The number of amides is 2. The maximum atomic E-state index is 12.1. The van der Waals surface area contributed by atoms with Gasteiger partial charge in [-0.2, -0.15) is 5.10 Å². The number of hydrogen-bond acceptors (Lipinski definition) is 5. The molecule has 9 heteroatoms. The molecule has 24 heavy (non-hydrogen) atoms. The lowest BCUT2D eigenvalue weighted by molar-refractivity contribution is -0.116. The van der Waals surface area contributed by atoms with E-state index < -0.39 is 5.92 Å². The number of nitrogens with one attached hydrogen (secondary N) is 3. The van der Waals surface area contributed by atoms with Crippen molar-refractivity contribution in [1.82, 2.24) is 15.5 Å². The van der Waals surface area contributed by atoms with E-state index in [4.69, 9.17) is 16.3 Å². The van der Waals surface area contributed by atoms with E-state index in [1.54, 1.807) is 12.1 Å². The molecule has 2 amide bonds. The van der Waals surface area contributed by atoms with Gasteiger partial charge in [0.1, 0.15) is 5.69 Å². The smallest absolute Gasteiger partial charge is 0.269 e. The molecule has 0 fully saturated rings. The first-order valence-electron chi connectivity index (χ1n) is 7.12. The average Bonchev–Trinajstić information content (AvgIpc) is 2.99. The highest BCUT2D eigenvalue weighted by Crippen LogP contribution is 2.43. The minimum Gasteiger partial charge on any atom is -0.503 e. The SMILES string of the molecule is CNC(=O)c1[nH]nc2c1C(c1cc(Cl)c(O)c(OC)c1)CC(=O)N2.